The summed E-state index contributed by atoms with van der Waals surface area (Å²) in [5.41, 5.74) is 7.38. The molecule has 0 aliphatic carbocycles. The zero-order chi connectivity index (χ0) is 15.8. The maximum atomic E-state index is 6.46. The van der Waals surface area contributed by atoms with Gasteiger partial charge in [0.05, 0.1) is 37.7 Å². The lowest BCUT2D eigenvalue weighted by Gasteiger charge is -2.25. The van der Waals surface area contributed by atoms with Gasteiger partial charge in [-0.1, -0.05) is 13.3 Å². The van der Waals surface area contributed by atoms with Crippen LogP contribution in [0.15, 0.2) is 6.20 Å². The second-order valence-electron chi connectivity index (χ2n) is 5.43. The molecule has 6 nitrogen and oxygen atoms in total. The van der Waals surface area contributed by atoms with Crippen molar-refractivity contribution in [2.24, 2.45) is 5.73 Å². The summed E-state index contributed by atoms with van der Waals surface area (Å²) in [6, 6.07) is -0.232. The Labute approximate surface area is 128 Å². The molecule has 0 spiro atoms. The Morgan fingerprint density at radius 1 is 1.38 bits per heavy atom. The van der Waals surface area contributed by atoms with Crippen LogP contribution in [0.25, 0.3) is 0 Å². The second-order valence-corrected chi connectivity index (χ2v) is 5.43. The van der Waals surface area contributed by atoms with Gasteiger partial charge in [0.15, 0.2) is 5.75 Å². The van der Waals surface area contributed by atoms with Gasteiger partial charge in [0.1, 0.15) is 0 Å². The van der Waals surface area contributed by atoms with Gasteiger partial charge in [-0.2, -0.15) is 5.10 Å². The topological polar surface area (TPSA) is 65.5 Å². The van der Waals surface area contributed by atoms with E-state index in [1.165, 1.54) is 0 Å². The third-order valence-corrected chi connectivity index (χ3v) is 3.49. The summed E-state index contributed by atoms with van der Waals surface area (Å²) in [6.07, 6.45) is 3.69. The number of likely N-dealkylation sites (N-methyl/N-ethyl adjacent to an activating group) is 1. The van der Waals surface area contributed by atoms with Crippen molar-refractivity contribution in [3.05, 3.63) is 11.9 Å². The number of hydrogen-bond donors (Lipinski definition) is 1. The van der Waals surface area contributed by atoms with Crippen LogP contribution in [-0.2, 0) is 11.3 Å². The minimum Gasteiger partial charge on any atom is -0.493 e. The molecule has 0 saturated carbocycles. The van der Waals surface area contributed by atoms with Gasteiger partial charge in [0.2, 0.25) is 0 Å². The molecule has 0 fully saturated rings. The quantitative estimate of drug-likeness (QED) is 0.711. The van der Waals surface area contributed by atoms with Crippen molar-refractivity contribution in [2.45, 2.75) is 45.4 Å². The highest BCUT2D eigenvalue weighted by Gasteiger charge is 2.26. The monoisotopic (exact) mass is 298 g/mol. The van der Waals surface area contributed by atoms with Crippen molar-refractivity contribution >= 4 is 0 Å². The van der Waals surface area contributed by atoms with Crippen LogP contribution in [0, 0.1) is 0 Å². The van der Waals surface area contributed by atoms with E-state index in [4.69, 9.17) is 15.2 Å². The summed E-state index contributed by atoms with van der Waals surface area (Å²) >= 11 is 0. The van der Waals surface area contributed by atoms with Crippen molar-refractivity contribution in [1.29, 1.82) is 0 Å². The molecule has 2 unspecified atom stereocenters. The highest BCUT2D eigenvalue weighted by Crippen LogP contribution is 2.28. The predicted octanol–water partition coefficient (Wildman–Crippen LogP) is 1.66. The third-order valence-electron chi connectivity index (χ3n) is 3.49. The zero-order valence-electron chi connectivity index (χ0n) is 14.0. The Morgan fingerprint density at radius 3 is 2.62 bits per heavy atom. The lowest BCUT2D eigenvalue weighted by molar-refractivity contribution is 0.0347. The zero-order valence-corrected chi connectivity index (χ0v) is 14.0. The van der Waals surface area contributed by atoms with Crippen LogP contribution in [0.5, 0.6) is 5.75 Å². The fraction of sp³-hybridized carbons (Fsp3) is 0.800. The van der Waals surface area contributed by atoms with Crippen molar-refractivity contribution < 1.29 is 9.47 Å². The highest BCUT2D eigenvalue weighted by molar-refractivity contribution is 5.29. The normalized spacial score (nSPS) is 14.4. The van der Waals surface area contributed by atoms with Crippen molar-refractivity contribution in [3.63, 3.8) is 0 Å². The van der Waals surface area contributed by atoms with Gasteiger partial charge in [-0.05, 0) is 27.4 Å². The number of nitrogens with two attached hydrogens (primary N) is 1. The van der Waals surface area contributed by atoms with Gasteiger partial charge < -0.3 is 20.1 Å². The van der Waals surface area contributed by atoms with E-state index in [0.717, 1.165) is 37.4 Å². The molecular weight excluding hydrogens is 268 g/mol. The van der Waals surface area contributed by atoms with Gasteiger partial charge in [-0.3, -0.25) is 4.68 Å². The van der Waals surface area contributed by atoms with Crippen molar-refractivity contribution in [3.8, 4) is 5.75 Å². The lowest BCUT2D eigenvalue weighted by atomic mass is 10.0. The maximum absolute atomic E-state index is 6.46. The smallest absolute Gasteiger partial charge is 0.161 e. The van der Waals surface area contributed by atoms with E-state index >= 15 is 0 Å². The Bertz CT molecular complexity index is 400. The summed E-state index contributed by atoms with van der Waals surface area (Å²) in [5.74, 6) is 0.738. The van der Waals surface area contributed by atoms with Gasteiger partial charge in [0.25, 0.3) is 0 Å². The number of ether oxygens (including phenoxy) is 2. The first-order valence-electron chi connectivity index (χ1n) is 7.66. The highest BCUT2D eigenvalue weighted by atomic mass is 16.5. The Morgan fingerprint density at radius 2 is 2.10 bits per heavy atom. The number of aromatic nitrogens is 2. The first-order valence-corrected chi connectivity index (χ1v) is 7.66. The predicted molar refractivity (Wildman–Crippen MR) is 84.6 cm³/mol. The Hall–Kier alpha value is -1.11. The summed E-state index contributed by atoms with van der Waals surface area (Å²) in [6.45, 7) is 6.48. The minimum atomic E-state index is -0.232. The molecule has 2 atom stereocenters. The maximum Gasteiger partial charge on any atom is 0.161 e. The molecule has 0 bridgehead atoms. The SMILES string of the molecule is CCCC(OCC)C(N)c1c(OC)cnn1CCN(C)C. The fourth-order valence-corrected chi connectivity index (χ4v) is 2.39. The molecule has 122 valence electrons. The first kappa shape index (κ1) is 17.9. The summed E-state index contributed by atoms with van der Waals surface area (Å²) < 4.78 is 13.2. The average Bonchev–Trinajstić information content (AvgIpc) is 2.87. The molecule has 1 aromatic heterocycles. The number of hydrogen-bond acceptors (Lipinski definition) is 5. The van der Waals surface area contributed by atoms with E-state index in [1.807, 2.05) is 25.7 Å². The molecule has 1 rings (SSSR count). The molecule has 21 heavy (non-hydrogen) atoms. The van der Waals surface area contributed by atoms with Crippen LogP contribution in [0.2, 0.25) is 0 Å². The van der Waals surface area contributed by atoms with E-state index in [1.54, 1.807) is 13.3 Å². The van der Waals surface area contributed by atoms with Crippen molar-refractivity contribution in [1.82, 2.24) is 14.7 Å². The summed E-state index contributed by atoms with van der Waals surface area (Å²) in [4.78, 5) is 2.12. The lowest BCUT2D eigenvalue weighted by Crippen LogP contribution is -2.32. The third kappa shape index (κ3) is 4.98. The fourth-order valence-electron chi connectivity index (χ4n) is 2.39. The molecular formula is C15H30N4O2. The van der Waals surface area contributed by atoms with Gasteiger partial charge in [-0.25, -0.2) is 0 Å². The molecule has 0 aromatic carbocycles. The molecule has 2 N–H and O–H groups in total. The number of nitrogens with zero attached hydrogens (tertiary/aromatic N) is 3. The van der Waals surface area contributed by atoms with Crippen LogP contribution in [0.1, 0.15) is 38.4 Å². The van der Waals surface area contributed by atoms with E-state index in [0.29, 0.717) is 6.61 Å². The van der Waals surface area contributed by atoms with Gasteiger partial charge in [0, 0.05) is 13.2 Å². The van der Waals surface area contributed by atoms with E-state index < -0.39 is 0 Å². The van der Waals surface area contributed by atoms with E-state index in [2.05, 4.69) is 16.9 Å². The molecule has 0 amide bonds. The van der Waals surface area contributed by atoms with Gasteiger partial charge in [-0.15, -0.1) is 0 Å². The largest absolute Gasteiger partial charge is 0.493 e. The molecule has 6 heteroatoms. The second kappa shape index (κ2) is 9.02. The number of rotatable bonds is 10. The minimum absolute atomic E-state index is 0.0105. The van der Waals surface area contributed by atoms with Crippen LogP contribution in [0.4, 0.5) is 0 Å². The molecule has 0 saturated heterocycles. The van der Waals surface area contributed by atoms with Crippen LogP contribution < -0.4 is 10.5 Å². The van der Waals surface area contributed by atoms with E-state index in [9.17, 15) is 0 Å². The molecule has 0 aliphatic heterocycles. The average molecular weight is 298 g/mol. The molecule has 0 aliphatic rings. The molecule has 0 radical (unpaired) electrons. The van der Waals surface area contributed by atoms with Crippen molar-refractivity contribution in [2.75, 3.05) is 34.4 Å². The van der Waals surface area contributed by atoms with Crippen LogP contribution in [-0.4, -0.2) is 55.1 Å². The van der Waals surface area contributed by atoms with E-state index in [-0.39, 0.29) is 12.1 Å². The molecule has 1 heterocycles. The summed E-state index contributed by atoms with van der Waals surface area (Å²) in [7, 11) is 5.74. The first-order chi connectivity index (χ1) is 10.0. The Balaban J connectivity index is 2.97. The standard InChI is InChI=1S/C15H30N4O2/c1-6-8-12(21-7-2)14(16)15-13(20-5)11-17-19(15)10-9-18(3)4/h11-12,14H,6-10,16H2,1-5H3. The summed E-state index contributed by atoms with van der Waals surface area (Å²) in [5, 5.41) is 4.41. The van der Waals surface area contributed by atoms with Crippen LogP contribution >= 0.6 is 0 Å². The van der Waals surface area contributed by atoms with Crippen LogP contribution in [0.3, 0.4) is 0 Å². The number of methoxy groups -OCH3 is 1. The molecule has 1 aromatic rings. The van der Waals surface area contributed by atoms with Gasteiger partial charge >= 0.3 is 0 Å². The Kier molecular flexibility index (Phi) is 7.71.